The van der Waals surface area contributed by atoms with Crippen molar-refractivity contribution in [2.24, 2.45) is 0 Å². The maximum atomic E-state index is 12.9. The first-order valence-corrected chi connectivity index (χ1v) is 11.5. The molecular formula is C25H33N5O2. The van der Waals surface area contributed by atoms with E-state index in [1.807, 2.05) is 36.5 Å². The van der Waals surface area contributed by atoms with E-state index in [0.717, 1.165) is 48.9 Å². The number of hydrogen-bond donors (Lipinski definition) is 2. The van der Waals surface area contributed by atoms with Gasteiger partial charge in [0.05, 0.1) is 12.2 Å². The van der Waals surface area contributed by atoms with Crippen LogP contribution in [0.5, 0.6) is 0 Å². The molecule has 0 saturated carbocycles. The van der Waals surface area contributed by atoms with Crippen LogP contribution in [-0.2, 0) is 12.0 Å². The van der Waals surface area contributed by atoms with Gasteiger partial charge in [-0.15, -0.1) is 0 Å². The minimum atomic E-state index is -0.101. The molecule has 3 heterocycles. The zero-order valence-electron chi connectivity index (χ0n) is 19.2. The third kappa shape index (κ3) is 4.93. The number of piperidine rings is 1. The van der Waals surface area contributed by atoms with E-state index in [1.165, 1.54) is 0 Å². The minimum Gasteiger partial charge on any atom is -0.361 e. The second-order valence-corrected chi connectivity index (χ2v) is 9.67. The quantitative estimate of drug-likeness (QED) is 0.622. The van der Waals surface area contributed by atoms with Gasteiger partial charge in [0.15, 0.2) is 0 Å². The summed E-state index contributed by atoms with van der Waals surface area (Å²) in [5.41, 5.74) is 2.40. The van der Waals surface area contributed by atoms with E-state index in [-0.39, 0.29) is 22.9 Å². The van der Waals surface area contributed by atoms with Gasteiger partial charge in [-0.1, -0.05) is 33.3 Å². The Morgan fingerprint density at radius 2 is 2.00 bits per heavy atom. The molecule has 2 N–H and O–H groups in total. The van der Waals surface area contributed by atoms with Crippen LogP contribution in [0.3, 0.4) is 0 Å². The largest absolute Gasteiger partial charge is 0.361 e. The van der Waals surface area contributed by atoms with Gasteiger partial charge in [-0.25, -0.2) is 4.68 Å². The van der Waals surface area contributed by atoms with Crippen LogP contribution in [0.25, 0.3) is 10.9 Å². The van der Waals surface area contributed by atoms with Crippen molar-refractivity contribution in [2.45, 2.75) is 58.0 Å². The van der Waals surface area contributed by atoms with Crippen molar-refractivity contribution in [1.82, 2.24) is 25.0 Å². The molecule has 1 unspecified atom stereocenters. The second kappa shape index (κ2) is 9.28. The number of H-pyrrole nitrogens is 1. The van der Waals surface area contributed by atoms with Crippen LogP contribution in [0.4, 0.5) is 0 Å². The van der Waals surface area contributed by atoms with Crippen LogP contribution < -0.4 is 10.9 Å². The summed E-state index contributed by atoms with van der Waals surface area (Å²) >= 11 is 0. The molecule has 32 heavy (non-hydrogen) atoms. The number of aromatic amines is 1. The fraction of sp³-hybridized carbons (Fsp3) is 0.480. The lowest BCUT2D eigenvalue weighted by Gasteiger charge is -2.35. The van der Waals surface area contributed by atoms with Gasteiger partial charge >= 0.3 is 0 Å². The maximum Gasteiger partial charge on any atom is 0.266 e. The number of hydrogen-bond acceptors (Lipinski definition) is 4. The molecule has 1 atom stereocenters. The van der Waals surface area contributed by atoms with Crippen molar-refractivity contribution < 1.29 is 4.79 Å². The number of rotatable bonds is 6. The summed E-state index contributed by atoms with van der Waals surface area (Å²) in [7, 11) is 0. The van der Waals surface area contributed by atoms with Crippen LogP contribution >= 0.6 is 0 Å². The molecule has 2 aromatic heterocycles. The van der Waals surface area contributed by atoms with Gasteiger partial charge in [0.2, 0.25) is 0 Å². The molecule has 0 aliphatic carbocycles. The Kier molecular flexibility index (Phi) is 6.46. The van der Waals surface area contributed by atoms with Gasteiger partial charge in [0.25, 0.3) is 11.5 Å². The normalized spacial score (nSPS) is 17.5. The first-order chi connectivity index (χ1) is 15.3. The molecule has 0 bridgehead atoms. The molecule has 7 heteroatoms. The monoisotopic (exact) mass is 435 g/mol. The number of carbonyl (C=O) groups is 1. The van der Waals surface area contributed by atoms with Gasteiger partial charge in [0, 0.05) is 53.3 Å². The summed E-state index contributed by atoms with van der Waals surface area (Å²) in [4.78, 5) is 30.7. The molecule has 1 saturated heterocycles. The molecular weight excluding hydrogens is 402 g/mol. The van der Waals surface area contributed by atoms with E-state index in [0.29, 0.717) is 18.7 Å². The predicted molar refractivity (Wildman–Crippen MR) is 127 cm³/mol. The molecule has 1 aliphatic rings. The Balaban J connectivity index is 1.40. The Labute approximate surface area is 188 Å². The molecule has 1 aliphatic heterocycles. The number of aromatic nitrogens is 3. The average Bonchev–Trinajstić information content (AvgIpc) is 3.25. The number of nitrogens with one attached hydrogen (secondary N) is 2. The predicted octanol–water partition coefficient (Wildman–Crippen LogP) is 3.31. The number of amides is 1. The van der Waals surface area contributed by atoms with Crippen molar-refractivity contribution in [2.75, 3.05) is 19.6 Å². The molecule has 170 valence electrons. The molecule has 1 aromatic carbocycles. The zero-order chi connectivity index (χ0) is 22.7. The Morgan fingerprint density at radius 1 is 1.16 bits per heavy atom. The fourth-order valence-corrected chi connectivity index (χ4v) is 4.41. The minimum absolute atomic E-state index is 0.0449. The third-order valence-electron chi connectivity index (χ3n) is 6.32. The van der Waals surface area contributed by atoms with Crippen LogP contribution in [0, 0.1) is 0 Å². The Hall–Kier alpha value is -2.93. The summed E-state index contributed by atoms with van der Waals surface area (Å²) in [6.07, 6.45) is 5.19. The SMILES string of the molecule is CC(C)(C)c1ccc(=O)n(CCN2CCCCC2CNC(=O)c2cccc3[nH]ccc23)n1. The third-order valence-corrected chi connectivity index (χ3v) is 6.32. The van der Waals surface area contributed by atoms with Gasteiger partial charge in [-0.2, -0.15) is 5.10 Å². The van der Waals surface area contributed by atoms with Gasteiger partial charge < -0.3 is 10.3 Å². The van der Waals surface area contributed by atoms with Crippen LogP contribution in [0.2, 0.25) is 0 Å². The van der Waals surface area contributed by atoms with E-state index >= 15 is 0 Å². The van der Waals surface area contributed by atoms with Crippen molar-refractivity contribution in [3.8, 4) is 0 Å². The summed E-state index contributed by atoms with van der Waals surface area (Å²) in [5.74, 6) is -0.0449. The molecule has 1 amide bonds. The van der Waals surface area contributed by atoms with Gasteiger partial charge in [-0.05, 0) is 43.7 Å². The molecule has 0 spiro atoms. The molecule has 4 rings (SSSR count). The maximum absolute atomic E-state index is 12.9. The van der Waals surface area contributed by atoms with Crippen LogP contribution in [-0.4, -0.2) is 51.2 Å². The van der Waals surface area contributed by atoms with E-state index in [1.54, 1.807) is 10.7 Å². The van der Waals surface area contributed by atoms with Crippen LogP contribution in [0.15, 0.2) is 47.4 Å². The Bertz CT molecular complexity index is 1140. The van der Waals surface area contributed by atoms with Crippen molar-refractivity contribution >= 4 is 16.8 Å². The zero-order valence-corrected chi connectivity index (χ0v) is 19.2. The lowest BCUT2D eigenvalue weighted by Crippen LogP contribution is -2.48. The first kappa shape index (κ1) is 22.3. The second-order valence-electron chi connectivity index (χ2n) is 9.67. The highest BCUT2D eigenvalue weighted by Crippen LogP contribution is 2.20. The summed E-state index contributed by atoms with van der Waals surface area (Å²) in [6, 6.07) is 11.4. The highest BCUT2D eigenvalue weighted by molar-refractivity contribution is 6.06. The lowest BCUT2D eigenvalue weighted by molar-refractivity contribution is 0.0910. The number of likely N-dealkylation sites (tertiary alicyclic amines) is 1. The number of carbonyl (C=O) groups excluding carboxylic acids is 1. The number of fused-ring (bicyclic) bond motifs is 1. The van der Waals surface area contributed by atoms with E-state index in [2.05, 4.69) is 41.1 Å². The number of nitrogens with zero attached hydrogens (tertiary/aromatic N) is 3. The number of benzene rings is 1. The van der Waals surface area contributed by atoms with Crippen molar-refractivity contribution in [3.63, 3.8) is 0 Å². The van der Waals surface area contributed by atoms with E-state index in [9.17, 15) is 9.59 Å². The summed E-state index contributed by atoms with van der Waals surface area (Å²) in [5, 5.41) is 8.68. The average molecular weight is 436 g/mol. The summed E-state index contributed by atoms with van der Waals surface area (Å²) in [6.45, 7) is 9.17. The fourth-order valence-electron chi connectivity index (χ4n) is 4.41. The summed E-state index contributed by atoms with van der Waals surface area (Å²) < 4.78 is 1.58. The van der Waals surface area contributed by atoms with Gasteiger partial charge in [-0.3, -0.25) is 14.5 Å². The molecule has 3 aromatic rings. The highest BCUT2D eigenvalue weighted by atomic mass is 16.1. The highest BCUT2D eigenvalue weighted by Gasteiger charge is 2.24. The molecule has 0 radical (unpaired) electrons. The Morgan fingerprint density at radius 3 is 2.81 bits per heavy atom. The topological polar surface area (TPSA) is 83.0 Å². The molecule has 1 fully saturated rings. The van der Waals surface area contributed by atoms with Crippen molar-refractivity contribution in [1.29, 1.82) is 0 Å². The first-order valence-electron chi connectivity index (χ1n) is 11.5. The van der Waals surface area contributed by atoms with E-state index in [4.69, 9.17) is 0 Å². The van der Waals surface area contributed by atoms with Crippen LogP contribution in [0.1, 0.15) is 56.1 Å². The lowest BCUT2D eigenvalue weighted by atomic mass is 9.92. The van der Waals surface area contributed by atoms with E-state index < -0.39 is 0 Å². The smallest absolute Gasteiger partial charge is 0.266 e. The molecule has 7 nitrogen and oxygen atoms in total. The van der Waals surface area contributed by atoms with Crippen molar-refractivity contribution in [3.05, 3.63) is 64.2 Å². The van der Waals surface area contributed by atoms with Gasteiger partial charge in [0.1, 0.15) is 0 Å². The standard InChI is InChI=1S/C25H33N5O2/c1-25(2,3)22-10-11-23(31)30(28-22)16-15-29-14-5-4-7-18(29)17-27-24(32)20-8-6-9-21-19(20)12-13-26-21/h6,8-13,18,26H,4-5,7,14-17H2,1-3H3,(H,27,32).